The Kier molecular flexibility index (Phi) is 29.9. The monoisotopic (exact) mass is 512 g/mol. The van der Waals surface area contributed by atoms with E-state index in [2.05, 4.69) is 89.2 Å². The van der Waals surface area contributed by atoms with Gasteiger partial charge in [-0.15, -0.1) is 0 Å². The third kappa shape index (κ3) is 72.9. The van der Waals surface area contributed by atoms with Crippen molar-refractivity contribution in [3.05, 3.63) is 19.9 Å². The van der Waals surface area contributed by atoms with E-state index in [0.29, 0.717) is 0 Å². The van der Waals surface area contributed by atoms with Gasteiger partial charge in [-0.2, -0.15) is 26.2 Å². The van der Waals surface area contributed by atoms with Crippen molar-refractivity contribution < 1.29 is 21.7 Å². The predicted octanol–water partition coefficient (Wildman–Crippen LogP) is 8.86. The molecule has 0 aliphatic carbocycles. The molecule has 0 N–H and O–H groups in total. The molecular weight excluding hydrogens is 456 g/mol. The topological polar surface area (TPSA) is 56.4 Å². The van der Waals surface area contributed by atoms with Crippen LogP contribution in [0.3, 0.4) is 0 Å². The Morgan fingerprint density at radius 2 is 0.517 bits per heavy atom. The average molecular weight is 513 g/mol. The van der Waals surface area contributed by atoms with Gasteiger partial charge in [-0.05, 0) is 0 Å². The van der Waals surface area contributed by atoms with E-state index in [9.17, 15) is 0 Å². The first kappa shape index (κ1) is 40.7. The zero-order valence-corrected chi connectivity index (χ0v) is 28.7. The summed E-state index contributed by atoms with van der Waals surface area (Å²) >= 11 is 0. The molecule has 0 saturated heterocycles. The number of hydrogen-bond donors (Lipinski definition) is 0. The van der Waals surface area contributed by atoms with E-state index in [1.165, 1.54) is 0 Å². The molecule has 0 amide bonds. The van der Waals surface area contributed by atoms with Gasteiger partial charge in [0, 0.05) is 0 Å². The molecule has 0 rings (SSSR count). The standard InChI is InChI=1S/2C6H18NSi2.2C4H10N.Ti/c2*1-8(2,3)7-9(4,5)6;2*1-3-5-4-2;/h2*1-6H3;2*3-4H2,1-2H3;/q4*-1;+4. The van der Waals surface area contributed by atoms with Gasteiger partial charge in [0.2, 0.25) is 0 Å². The molecule has 0 bridgehead atoms. The molecular formula is C20H56N4Si4Ti. The van der Waals surface area contributed by atoms with Crippen LogP contribution in [-0.2, 0) is 21.7 Å². The van der Waals surface area contributed by atoms with E-state index in [4.69, 9.17) is 9.30 Å². The van der Waals surface area contributed by atoms with E-state index < -0.39 is 32.9 Å². The largest absolute Gasteiger partial charge is 4.00 e. The summed E-state index contributed by atoms with van der Waals surface area (Å²) in [5, 5.41) is 7.94. The predicted molar refractivity (Wildman–Crippen MR) is 149 cm³/mol. The Morgan fingerprint density at radius 3 is 0.517 bits per heavy atom. The van der Waals surface area contributed by atoms with Crippen molar-refractivity contribution in [3.63, 3.8) is 0 Å². The Labute approximate surface area is 206 Å². The van der Waals surface area contributed by atoms with Crippen LogP contribution in [-0.4, -0.2) is 59.1 Å². The van der Waals surface area contributed by atoms with Crippen molar-refractivity contribution >= 4 is 32.9 Å². The van der Waals surface area contributed by atoms with E-state index in [-0.39, 0.29) is 21.7 Å². The molecule has 29 heavy (non-hydrogen) atoms. The maximum atomic E-state index is 4.82. The van der Waals surface area contributed by atoms with Crippen LogP contribution in [0.25, 0.3) is 19.9 Å². The molecule has 4 nitrogen and oxygen atoms in total. The molecule has 0 unspecified atom stereocenters. The summed E-state index contributed by atoms with van der Waals surface area (Å²) in [7, 11) is -4.42. The molecule has 0 aromatic rings. The Morgan fingerprint density at radius 1 is 0.379 bits per heavy atom. The Hall–Kier alpha value is 1.42. The molecule has 0 spiro atoms. The van der Waals surface area contributed by atoms with Gasteiger partial charge in [0.15, 0.2) is 0 Å². The number of nitrogens with zero attached hydrogens (tertiary/aromatic N) is 4. The maximum Gasteiger partial charge on any atom is 4.00 e. The molecule has 0 aliphatic heterocycles. The second-order valence-electron chi connectivity index (χ2n) is 10.6. The second-order valence-corrected chi connectivity index (χ2v) is 29.8. The maximum absolute atomic E-state index is 4.82. The van der Waals surface area contributed by atoms with Crippen LogP contribution in [0.2, 0.25) is 78.6 Å². The molecule has 0 atom stereocenters. The van der Waals surface area contributed by atoms with Crippen LogP contribution in [0.4, 0.5) is 0 Å². The fraction of sp³-hybridized carbons (Fsp3) is 1.00. The molecule has 0 saturated carbocycles. The Bertz CT molecular complexity index is 260. The van der Waals surface area contributed by atoms with Crippen molar-refractivity contribution in [1.29, 1.82) is 0 Å². The zero-order chi connectivity index (χ0) is 23.7. The molecule has 0 aliphatic rings. The second kappa shape index (κ2) is 21.3. The van der Waals surface area contributed by atoms with Gasteiger partial charge in [0.25, 0.3) is 0 Å². The molecule has 0 fully saturated rings. The summed E-state index contributed by atoms with van der Waals surface area (Å²) in [6, 6.07) is 0. The van der Waals surface area contributed by atoms with Gasteiger partial charge in [-0.1, -0.05) is 139 Å². The van der Waals surface area contributed by atoms with Gasteiger partial charge >= 0.3 is 21.7 Å². The van der Waals surface area contributed by atoms with Gasteiger partial charge in [-0.25, -0.2) is 0 Å². The van der Waals surface area contributed by atoms with Crippen molar-refractivity contribution in [2.45, 2.75) is 106 Å². The first-order valence-corrected chi connectivity index (χ1v) is 24.8. The fourth-order valence-corrected chi connectivity index (χ4v) is 18.6. The van der Waals surface area contributed by atoms with Crippen molar-refractivity contribution in [1.82, 2.24) is 0 Å². The smallest absolute Gasteiger partial charge is 0.668 e. The summed E-state index contributed by atoms with van der Waals surface area (Å²) in [5.41, 5.74) is 0. The zero-order valence-electron chi connectivity index (χ0n) is 23.1. The minimum Gasteiger partial charge on any atom is -0.668 e. The van der Waals surface area contributed by atoms with Crippen LogP contribution in [0.5, 0.6) is 0 Å². The molecule has 0 aromatic carbocycles. The van der Waals surface area contributed by atoms with Crippen molar-refractivity contribution in [3.8, 4) is 0 Å². The van der Waals surface area contributed by atoms with Crippen LogP contribution >= 0.6 is 0 Å². The fourth-order valence-electron chi connectivity index (χ4n) is 2.46. The number of rotatable bonds is 8. The minimum atomic E-state index is -1.11. The van der Waals surface area contributed by atoms with E-state index >= 15 is 0 Å². The summed E-state index contributed by atoms with van der Waals surface area (Å²) in [6.45, 7) is 39.6. The van der Waals surface area contributed by atoms with Crippen LogP contribution in [0.15, 0.2) is 0 Å². The average Bonchev–Trinajstić information content (AvgIpc) is 2.33. The van der Waals surface area contributed by atoms with Crippen LogP contribution in [0.1, 0.15) is 27.7 Å². The molecule has 0 aromatic heterocycles. The summed E-state index contributed by atoms with van der Waals surface area (Å²) in [6.07, 6.45) is 0. The third-order valence-electron chi connectivity index (χ3n) is 2.24. The van der Waals surface area contributed by atoms with Gasteiger partial charge in [0.1, 0.15) is 0 Å². The SMILES string of the molecule is CC[N-]CC.CC[N-]CC.C[Si](C)(C)[N-][Si](C)(C)C.C[Si](C)(C)[N-][Si](C)(C)C.[Ti+4]. The third-order valence-corrected chi connectivity index (χ3v) is 13.0. The van der Waals surface area contributed by atoms with Gasteiger partial charge in [0.05, 0.1) is 0 Å². The van der Waals surface area contributed by atoms with Gasteiger partial charge in [-0.3, -0.25) is 0 Å². The van der Waals surface area contributed by atoms with Crippen LogP contribution < -0.4 is 0 Å². The molecule has 176 valence electrons. The van der Waals surface area contributed by atoms with Gasteiger partial charge < -0.3 is 19.9 Å². The number of hydrogen-bond acceptors (Lipinski definition) is 0. The Balaban J connectivity index is -0.0000000907. The van der Waals surface area contributed by atoms with Crippen molar-refractivity contribution in [2.75, 3.05) is 26.2 Å². The first-order chi connectivity index (χ1) is 12.2. The first-order valence-electron chi connectivity index (χ1n) is 11.0. The minimum absolute atomic E-state index is 0. The van der Waals surface area contributed by atoms with E-state index in [0.717, 1.165) is 26.2 Å². The molecule has 0 radical (unpaired) electrons. The quantitative estimate of drug-likeness (QED) is 0.292. The van der Waals surface area contributed by atoms with E-state index in [1.807, 2.05) is 27.7 Å². The summed E-state index contributed by atoms with van der Waals surface area (Å²) in [5.74, 6) is 0. The normalized spacial score (nSPS) is 11.6. The molecule has 9 heteroatoms. The summed E-state index contributed by atoms with van der Waals surface area (Å²) in [4.78, 5) is 0. The van der Waals surface area contributed by atoms with Crippen molar-refractivity contribution in [2.24, 2.45) is 0 Å². The molecule has 0 heterocycles. The van der Waals surface area contributed by atoms with E-state index in [1.54, 1.807) is 0 Å². The summed E-state index contributed by atoms with van der Waals surface area (Å²) < 4.78 is 9.64. The van der Waals surface area contributed by atoms with Crippen LogP contribution in [0, 0.1) is 0 Å².